The quantitative estimate of drug-likeness (QED) is 0.863. The van der Waals surface area contributed by atoms with E-state index in [-0.39, 0.29) is 0 Å². The van der Waals surface area contributed by atoms with Crippen molar-refractivity contribution in [3.63, 3.8) is 0 Å². The number of hydrogen-bond donors (Lipinski definition) is 1. The Morgan fingerprint density at radius 2 is 2.24 bits per heavy atom. The molecule has 0 heterocycles. The van der Waals surface area contributed by atoms with E-state index < -0.39 is 0 Å². The van der Waals surface area contributed by atoms with Crippen LogP contribution in [0.5, 0.6) is 5.75 Å². The van der Waals surface area contributed by atoms with Gasteiger partial charge in [-0.15, -0.1) is 0 Å². The van der Waals surface area contributed by atoms with Crippen LogP contribution in [-0.2, 0) is 6.42 Å². The first-order valence-electron chi connectivity index (χ1n) is 6.58. The van der Waals surface area contributed by atoms with Crippen LogP contribution in [0, 0.1) is 5.92 Å². The average molecular weight is 233 g/mol. The molecule has 2 heteroatoms. The van der Waals surface area contributed by atoms with Crippen molar-refractivity contribution in [3.8, 4) is 5.75 Å². The second kappa shape index (κ2) is 5.54. The Kier molecular flexibility index (Phi) is 4.06. The maximum Gasteiger partial charge on any atom is 0.122 e. The summed E-state index contributed by atoms with van der Waals surface area (Å²) in [6.45, 7) is 3.47. The molecule has 17 heavy (non-hydrogen) atoms. The number of nitrogens with one attached hydrogen (secondary N) is 1. The molecule has 2 nitrogen and oxygen atoms in total. The fraction of sp³-hybridized carbons (Fsp3) is 0.600. The topological polar surface area (TPSA) is 21.3 Å². The molecule has 0 spiro atoms. The number of benzene rings is 1. The van der Waals surface area contributed by atoms with E-state index >= 15 is 0 Å². The molecule has 0 saturated heterocycles. The lowest BCUT2D eigenvalue weighted by Crippen LogP contribution is -2.22. The molecule has 1 aromatic rings. The van der Waals surface area contributed by atoms with Gasteiger partial charge in [0.1, 0.15) is 5.75 Å². The standard InChI is InChI=1S/C15H23NO/c1-11-7-8-14-13(12(11)9-10-16-2)5-4-6-15(14)17-3/h4-6,11-12,16H,7-10H2,1-3H3. The van der Waals surface area contributed by atoms with Gasteiger partial charge in [-0.25, -0.2) is 0 Å². The van der Waals surface area contributed by atoms with Crippen molar-refractivity contribution in [2.24, 2.45) is 5.92 Å². The molecule has 0 saturated carbocycles. The lowest BCUT2D eigenvalue weighted by atomic mass is 9.74. The Balaban J connectivity index is 2.30. The van der Waals surface area contributed by atoms with Crippen molar-refractivity contribution in [2.45, 2.75) is 32.1 Å². The van der Waals surface area contributed by atoms with E-state index in [2.05, 4.69) is 30.4 Å². The smallest absolute Gasteiger partial charge is 0.122 e. The van der Waals surface area contributed by atoms with Crippen LogP contribution in [-0.4, -0.2) is 20.7 Å². The van der Waals surface area contributed by atoms with E-state index in [0.717, 1.165) is 24.6 Å². The van der Waals surface area contributed by atoms with E-state index in [9.17, 15) is 0 Å². The lowest BCUT2D eigenvalue weighted by Gasteiger charge is -2.32. The third kappa shape index (κ3) is 2.47. The number of methoxy groups -OCH3 is 1. The van der Waals surface area contributed by atoms with Gasteiger partial charge in [-0.2, -0.15) is 0 Å². The molecule has 0 amide bonds. The highest BCUT2D eigenvalue weighted by Gasteiger charge is 2.27. The summed E-state index contributed by atoms with van der Waals surface area (Å²) < 4.78 is 5.49. The van der Waals surface area contributed by atoms with E-state index in [4.69, 9.17) is 4.74 Å². The summed E-state index contributed by atoms with van der Waals surface area (Å²) in [6.07, 6.45) is 3.66. The predicted molar refractivity (Wildman–Crippen MR) is 71.8 cm³/mol. The number of rotatable bonds is 4. The summed E-state index contributed by atoms with van der Waals surface area (Å²) in [7, 11) is 3.80. The van der Waals surface area contributed by atoms with E-state index in [0.29, 0.717) is 5.92 Å². The number of ether oxygens (including phenoxy) is 1. The predicted octanol–water partition coefficient (Wildman–Crippen LogP) is 2.97. The second-order valence-corrected chi connectivity index (χ2v) is 5.04. The molecule has 1 aliphatic rings. The summed E-state index contributed by atoms with van der Waals surface area (Å²) in [5.41, 5.74) is 2.95. The number of hydrogen-bond acceptors (Lipinski definition) is 2. The van der Waals surface area contributed by atoms with Crippen molar-refractivity contribution in [3.05, 3.63) is 29.3 Å². The maximum absolute atomic E-state index is 5.49. The van der Waals surface area contributed by atoms with Gasteiger partial charge in [0, 0.05) is 0 Å². The monoisotopic (exact) mass is 233 g/mol. The number of fused-ring (bicyclic) bond motifs is 1. The third-order valence-corrected chi connectivity index (χ3v) is 4.03. The Labute approximate surface area is 104 Å². The second-order valence-electron chi connectivity index (χ2n) is 5.04. The minimum absolute atomic E-state index is 0.682. The van der Waals surface area contributed by atoms with E-state index in [1.165, 1.54) is 24.0 Å². The minimum Gasteiger partial charge on any atom is -0.496 e. The van der Waals surface area contributed by atoms with Crippen molar-refractivity contribution >= 4 is 0 Å². The Morgan fingerprint density at radius 1 is 1.41 bits per heavy atom. The van der Waals surface area contributed by atoms with Gasteiger partial charge >= 0.3 is 0 Å². The summed E-state index contributed by atoms with van der Waals surface area (Å²) in [4.78, 5) is 0. The first-order chi connectivity index (χ1) is 8.27. The van der Waals surface area contributed by atoms with Crippen LogP contribution in [0.2, 0.25) is 0 Å². The maximum atomic E-state index is 5.49. The summed E-state index contributed by atoms with van der Waals surface area (Å²) in [6, 6.07) is 6.50. The lowest BCUT2D eigenvalue weighted by molar-refractivity contribution is 0.362. The van der Waals surface area contributed by atoms with Gasteiger partial charge in [-0.1, -0.05) is 19.1 Å². The third-order valence-electron chi connectivity index (χ3n) is 4.03. The first kappa shape index (κ1) is 12.4. The van der Waals surface area contributed by atoms with E-state index in [1.807, 2.05) is 7.05 Å². The van der Waals surface area contributed by atoms with Crippen LogP contribution in [0.15, 0.2) is 18.2 Å². The Morgan fingerprint density at radius 3 is 2.94 bits per heavy atom. The van der Waals surface area contributed by atoms with Crippen LogP contribution in [0.3, 0.4) is 0 Å². The molecular formula is C15H23NO. The molecule has 1 aromatic carbocycles. The fourth-order valence-corrected chi connectivity index (χ4v) is 3.01. The van der Waals surface area contributed by atoms with Crippen molar-refractivity contribution in [1.29, 1.82) is 0 Å². The van der Waals surface area contributed by atoms with Gasteiger partial charge < -0.3 is 10.1 Å². The van der Waals surface area contributed by atoms with Gasteiger partial charge in [-0.05, 0) is 61.9 Å². The largest absolute Gasteiger partial charge is 0.496 e. The molecule has 1 aliphatic carbocycles. The Hall–Kier alpha value is -1.02. The van der Waals surface area contributed by atoms with Crippen LogP contribution in [0.4, 0.5) is 0 Å². The highest BCUT2D eigenvalue weighted by Crippen LogP contribution is 2.41. The molecule has 0 aromatic heterocycles. The zero-order chi connectivity index (χ0) is 12.3. The van der Waals surface area contributed by atoms with Crippen molar-refractivity contribution in [1.82, 2.24) is 5.32 Å². The van der Waals surface area contributed by atoms with Gasteiger partial charge in [0.25, 0.3) is 0 Å². The summed E-state index contributed by atoms with van der Waals surface area (Å²) in [5, 5.41) is 3.26. The molecule has 2 atom stereocenters. The molecular weight excluding hydrogens is 210 g/mol. The van der Waals surface area contributed by atoms with Crippen LogP contribution in [0.25, 0.3) is 0 Å². The first-order valence-corrected chi connectivity index (χ1v) is 6.58. The van der Waals surface area contributed by atoms with E-state index in [1.54, 1.807) is 7.11 Å². The SMILES string of the molecule is CNCCC1c2cccc(OC)c2CCC1C. The molecule has 0 fully saturated rings. The molecule has 0 radical (unpaired) electrons. The Bertz CT molecular complexity index is 375. The minimum atomic E-state index is 0.682. The normalized spacial score (nSPS) is 23.2. The molecule has 0 bridgehead atoms. The van der Waals surface area contributed by atoms with Gasteiger partial charge in [0.2, 0.25) is 0 Å². The zero-order valence-electron chi connectivity index (χ0n) is 11.1. The average Bonchev–Trinajstić information content (AvgIpc) is 2.36. The highest BCUT2D eigenvalue weighted by atomic mass is 16.5. The summed E-state index contributed by atoms with van der Waals surface area (Å²) in [5.74, 6) is 2.54. The molecule has 2 rings (SSSR count). The van der Waals surface area contributed by atoms with Crippen molar-refractivity contribution in [2.75, 3.05) is 20.7 Å². The summed E-state index contributed by atoms with van der Waals surface area (Å²) >= 11 is 0. The van der Waals surface area contributed by atoms with Crippen molar-refractivity contribution < 1.29 is 4.74 Å². The van der Waals surface area contributed by atoms with Crippen LogP contribution >= 0.6 is 0 Å². The van der Waals surface area contributed by atoms with Crippen LogP contribution in [0.1, 0.15) is 36.8 Å². The van der Waals surface area contributed by atoms with Gasteiger partial charge in [-0.3, -0.25) is 0 Å². The zero-order valence-corrected chi connectivity index (χ0v) is 11.1. The molecule has 0 aliphatic heterocycles. The fourth-order valence-electron chi connectivity index (χ4n) is 3.01. The molecule has 1 N–H and O–H groups in total. The van der Waals surface area contributed by atoms with Crippen LogP contribution < -0.4 is 10.1 Å². The van der Waals surface area contributed by atoms with Gasteiger partial charge in [0.05, 0.1) is 7.11 Å². The molecule has 2 unspecified atom stereocenters. The molecule has 94 valence electrons. The van der Waals surface area contributed by atoms with Gasteiger partial charge in [0.15, 0.2) is 0 Å². The highest BCUT2D eigenvalue weighted by molar-refractivity contribution is 5.44.